The Labute approximate surface area is 248 Å². The first-order valence-electron chi connectivity index (χ1n) is 13.2. The van der Waals surface area contributed by atoms with Crippen molar-refractivity contribution in [1.82, 2.24) is 14.3 Å². The van der Waals surface area contributed by atoms with E-state index in [4.69, 9.17) is 9.72 Å². The van der Waals surface area contributed by atoms with Crippen molar-refractivity contribution in [2.45, 2.75) is 26.8 Å². The zero-order chi connectivity index (χ0) is 26.5. The summed E-state index contributed by atoms with van der Waals surface area (Å²) in [7, 11) is 0. The van der Waals surface area contributed by atoms with Crippen LogP contribution in [0.1, 0.15) is 19.4 Å². The molecule has 0 unspecified atom stereocenters. The number of ether oxygens (including phenoxy) is 1. The molecule has 0 spiro atoms. The Morgan fingerprint density at radius 2 is 1.62 bits per heavy atom. The van der Waals surface area contributed by atoms with Crippen LogP contribution in [0.15, 0.2) is 97.5 Å². The molecule has 2 aromatic heterocycles. The van der Waals surface area contributed by atoms with Crippen LogP contribution in [0.25, 0.3) is 38.6 Å². The third kappa shape index (κ3) is 4.55. The maximum Gasteiger partial charge on any atom is 0.0774 e. The largest absolute Gasteiger partial charge is 0.506 e. The summed E-state index contributed by atoms with van der Waals surface area (Å²) in [5, 5.41) is 3.16. The van der Waals surface area contributed by atoms with Crippen molar-refractivity contribution < 1.29 is 25.8 Å². The molecule has 0 radical (unpaired) electrons. The summed E-state index contributed by atoms with van der Waals surface area (Å²) < 4.78 is 8.48. The molecule has 0 saturated heterocycles. The fourth-order valence-electron chi connectivity index (χ4n) is 5.16. The van der Waals surface area contributed by atoms with Crippen LogP contribution in [0.5, 0.6) is 11.5 Å². The van der Waals surface area contributed by atoms with Gasteiger partial charge in [0.05, 0.1) is 11.3 Å². The number of rotatable bonds is 5. The number of hydrogen-bond donors (Lipinski definition) is 0. The Kier molecular flexibility index (Phi) is 6.85. The Bertz CT molecular complexity index is 1890. The Morgan fingerprint density at radius 1 is 0.825 bits per heavy atom. The number of aromatic nitrogens is 2. The van der Waals surface area contributed by atoms with Gasteiger partial charge in [0.15, 0.2) is 0 Å². The number of imidazole rings is 1. The molecule has 0 N–H and O–H groups in total. The third-order valence-corrected chi connectivity index (χ3v) is 7.23. The van der Waals surface area contributed by atoms with E-state index < -0.39 is 0 Å². The van der Waals surface area contributed by atoms with Crippen LogP contribution < -0.4 is 9.64 Å². The molecule has 6 aromatic rings. The Hall–Kier alpha value is -4.08. The van der Waals surface area contributed by atoms with E-state index in [1.54, 1.807) is 0 Å². The molecule has 202 valence electrons. The first kappa shape index (κ1) is 26.2. The molecule has 0 atom stereocenters. The van der Waals surface area contributed by atoms with Crippen molar-refractivity contribution >= 4 is 33.0 Å². The molecule has 40 heavy (non-hydrogen) atoms. The molecule has 0 amide bonds. The van der Waals surface area contributed by atoms with E-state index in [1.807, 2.05) is 35.4 Å². The van der Waals surface area contributed by atoms with Gasteiger partial charge in [-0.25, -0.2) is 0 Å². The fraction of sp³-hybridized carbons (Fsp3) is 0.118. The van der Waals surface area contributed by atoms with E-state index in [-0.39, 0.29) is 21.1 Å². The minimum atomic E-state index is 0. The van der Waals surface area contributed by atoms with Crippen LogP contribution in [0.3, 0.4) is 0 Å². The van der Waals surface area contributed by atoms with Gasteiger partial charge in [0.25, 0.3) is 0 Å². The molecule has 6 heteroatoms. The summed E-state index contributed by atoms with van der Waals surface area (Å²) in [6.07, 6.45) is 6.22. The number of hydrogen-bond acceptors (Lipinski definition) is 4. The van der Waals surface area contributed by atoms with Crippen molar-refractivity contribution in [2.75, 3.05) is 4.90 Å². The van der Waals surface area contributed by atoms with Gasteiger partial charge in [0.1, 0.15) is 0 Å². The van der Waals surface area contributed by atoms with Gasteiger partial charge in [-0.1, -0.05) is 59.3 Å². The Morgan fingerprint density at radius 3 is 2.45 bits per heavy atom. The second kappa shape index (κ2) is 10.5. The molecule has 1 aliphatic heterocycles. The number of aryl methyl sites for hydroxylation is 1. The number of pyridine rings is 1. The van der Waals surface area contributed by atoms with Crippen LogP contribution in [0.4, 0.5) is 5.69 Å². The third-order valence-electron chi connectivity index (χ3n) is 7.23. The zero-order valence-corrected chi connectivity index (χ0v) is 24.7. The fourth-order valence-corrected chi connectivity index (χ4v) is 5.16. The quantitative estimate of drug-likeness (QED) is 0.134. The molecule has 0 aliphatic carbocycles. The van der Waals surface area contributed by atoms with Crippen molar-refractivity contribution in [2.24, 2.45) is 0 Å². The first-order chi connectivity index (χ1) is 19.0. The summed E-state index contributed by atoms with van der Waals surface area (Å²) in [4.78, 5) is 9.31. The number of benzene rings is 4. The molecular formula is C34H27N4OPt-3. The van der Waals surface area contributed by atoms with Gasteiger partial charge < -0.3 is 18.9 Å². The van der Waals surface area contributed by atoms with Crippen molar-refractivity contribution in [1.29, 1.82) is 0 Å². The minimum Gasteiger partial charge on any atom is -0.506 e. The van der Waals surface area contributed by atoms with Crippen LogP contribution in [-0.2, 0) is 21.1 Å². The van der Waals surface area contributed by atoms with Gasteiger partial charge in [-0.15, -0.1) is 36.0 Å². The van der Waals surface area contributed by atoms with E-state index in [2.05, 4.69) is 116 Å². The summed E-state index contributed by atoms with van der Waals surface area (Å²) in [5.41, 5.74) is 6.14. The average Bonchev–Trinajstić information content (AvgIpc) is 3.63. The van der Waals surface area contributed by atoms with Crippen molar-refractivity contribution in [3.63, 3.8) is 0 Å². The van der Waals surface area contributed by atoms with Gasteiger partial charge in [-0.2, -0.15) is 12.7 Å². The van der Waals surface area contributed by atoms with E-state index in [1.165, 1.54) is 5.56 Å². The molecule has 7 rings (SSSR count). The smallest absolute Gasteiger partial charge is 0.0774 e. The summed E-state index contributed by atoms with van der Waals surface area (Å²) in [6, 6.07) is 34.1. The molecule has 0 saturated carbocycles. The number of anilines is 1. The maximum absolute atomic E-state index is 6.31. The average molecular weight is 703 g/mol. The van der Waals surface area contributed by atoms with Crippen LogP contribution >= 0.6 is 0 Å². The summed E-state index contributed by atoms with van der Waals surface area (Å²) in [5.74, 6) is 1.26. The molecule has 4 aromatic carbocycles. The maximum atomic E-state index is 6.31. The van der Waals surface area contributed by atoms with E-state index in [0.29, 0.717) is 17.5 Å². The van der Waals surface area contributed by atoms with E-state index in [0.717, 1.165) is 44.3 Å². The van der Waals surface area contributed by atoms with Gasteiger partial charge in [-0.3, -0.25) is 4.98 Å². The van der Waals surface area contributed by atoms with Gasteiger partial charge in [-0.05, 0) is 56.2 Å². The predicted octanol–water partition coefficient (Wildman–Crippen LogP) is 8.13. The van der Waals surface area contributed by atoms with Gasteiger partial charge in [0, 0.05) is 49.8 Å². The molecular weight excluding hydrogens is 675 g/mol. The van der Waals surface area contributed by atoms with Gasteiger partial charge in [0.2, 0.25) is 0 Å². The first-order valence-corrected chi connectivity index (χ1v) is 13.2. The molecule has 0 bridgehead atoms. The monoisotopic (exact) mass is 702 g/mol. The number of nitrogens with zero attached hydrogens (tertiary/aromatic N) is 4. The van der Waals surface area contributed by atoms with Crippen LogP contribution in [0, 0.1) is 25.7 Å². The number of fused-ring (bicyclic) bond motifs is 6. The summed E-state index contributed by atoms with van der Waals surface area (Å²) >= 11 is 0. The Balaban J connectivity index is 0.00000289. The second-order valence-corrected chi connectivity index (χ2v) is 10.1. The van der Waals surface area contributed by atoms with E-state index >= 15 is 0 Å². The van der Waals surface area contributed by atoms with Crippen LogP contribution in [-0.4, -0.2) is 20.3 Å². The van der Waals surface area contributed by atoms with Gasteiger partial charge >= 0.3 is 0 Å². The molecule has 3 heterocycles. The zero-order valence-electron chi connectivity index (χ0n) is 22.4. The standard InChI is InChI=1S/C34H27N4O.Pt/c1-23(2)36-17-18-37(22-36)25-10-8-11-26(19-25)39-27-15-16-29-30-13-6-7-14-33(30)38-21-32(35-34(38)31(29)20-27)28-12-5-4-9-24(28)3;/h4-18,21-23H,1-3H3;/q-3;. The molecule has 0 fully saturated rings. The van der Waals surface area contributed by atoms with E-state index in [9.17, 15) is 0 Å². The SMILES string of the molecule is Cc1ccccc1-c1cn2c3ccccc3c3ccc(Oc4[c-]c(N5C=CN(C(C)C)[CH-]5)ccc4)[c-]c3c2n1.[Pt]. The second-order valence-electron chi connectivity index (χ2n) is 10.1. The molecule has 1 aliphatic rings. The normalized spacial score (nSPS) is 13.1. The topological polar surface area (TPSA) is 33.0 Å². The van der Waals surface area contributed by atoms with Crippen molar-refractivity contribution in [3.8, 4) is 22.8 Å². The molecule has 5 nitrogen and oxygen atoms in total. The number of para-hydroxylation sites is 1. The van der Waals surface area contributed by atoms with Crippen LogP contribution in [0.2, 0.25) is 0 Å². The summed E-state index contributed by atoms with van der Waals surface area (Å²) in [6.45, 7) is 8.50. The minimum absolute atomic E-state index is 0. The predicted molar refractivity (Wildman–Crippen MR) is 157 cm³/mol. The van der Waals surface area contributed by atoms with Crippen molar-refractivity contribution in [3.05, 3.63) is 122 Å².